The number of para-hydroxylation sites is 1. The van der Waals surface area contributed by atoms with Gasteiger partial charge in [-0.3, -0.25) is 4.79 Å². The van der Waals surface area contributed by atoms with Crippen molar-refractivity contribution in [3.05, 3.63) is 29.3 Å². The molecule has 1 amide bonds. The summed E-state index contributed by atoms with van der Waals surface area (Å²) in [6, 6.07) is 6.82. The van der Waals surface area contributed by atoms with E-state index in [0.29, 0.717) is 10.7 Å². The van der Waals surface area contributed by atoms with Crippen LogP contribution < -0.4 is 11.1 Å². The lowest BCUT2D eigenvalue weighted by Crippen LogP contribution is -2.64. The highest BCUT2D eigenvalue weighted by atomic mass is 35.5. The molecule has 4 heteroatoms. The molecule has 70 valence electrons. The molecule has 0 heterocycles. The first-order valence-electron chi connectivity index (χ1n) is 3.99. The lowest BCUT2D eigenvalue weighted by Gasteiger charge is -2.06. The van der Waals surface area contributed by atoms with Crippen LogP contribution in [0.3, 0.4) is 0 Å². The van der Waals surface area contributed by atoms with E-state index in [0.717, 1.165) is 0 Å². The molecule has 0 aliphatic rings. The minimum Gasteiger partial charge on any atom is -0.348 e. The molecular formula is C9H12ClN2O+. The summed E-state index contributed by atoms with van der Waals surface area (Å²) >= 11 is 5.84. The van der Waals surface area contributed by atoms with Gasteiger partial charge in [-0.05, 0) is 19.1 Å². The smallest absolute Gasteiger partial charge is 0.282 e. The molecule has 1 unspecified atom stereocenters. The van der Waals surface area contributed by atoms with Gasteiger partial charge in [0.25, 0.3) is 5.91 Å². The van der Waals surface area contributed by atoms with Gasteiger partial charge in [-0.25, -0.2) is 0 Å². The van der Waals surface area contributed by atoms with Crippen LogP contribution in [0.25, 0.3) is 0 Å². The summed E-state index contributed by atoms with van der Waals surface area (Å²) in [6.07, 6.45) is 0. The summed E-state index contributed by atoms with van der Waals surface area (Å²) in [5, 5.41) is 3.21. The predicted octanol–water partition coefficient (Wildman–Crippen LogP) is 0.909. The minimum atomic E-state index is -0.281. The topological polar surface area (TPSA) is 56.7 Å². The number of anilines is 1. The normalized spacial score (nSPS) is 12.2. The molecule has 0 aliphatic heterocycles. The average Bonchev–Trinajstić information content (AvgIpc) is 2.08. The van der Waals surface area contributed by atoms with Gasteiger partial charge in [0, 0.05) is 0 Å². The van der Waals surface area contributed by atoms with Gasteiger partial charge in [0.15, 0.2) is 6.04 Å². The van der Waals surface area contributed by atoms with Crippen molar-refractivity contribution in [3.63, 3.8) is 0 Å². The Bertz CT molecular complexity index is 312. The van der Waals surface area contributed by atoms with Crippen LogP contribution in [0.4, 0.5) is 5.69 Å². The van der Waals surface area contributed by atoms with Gasteiger partial charge in [-0.2, -0.15) is 0 Å². The van der Waals surface area contributed by atoms with Gasteiger partial charge >= 0.3 is 0 Å². The first kappa shape index (κ1) is 10.0. The van der Waals surface area contributed by atoms with E-state index in [2.05, 4.69) is 11.1 Å². The molecular weight excluding hydrogens is 188 g/mol. The van der Waals surface area contributed by atoms with Crippen LogP contribution in [0, 0.1) is 0 Å². The Balaban J connectivity index is 2.75. The van der Waals surface area contributed by atoms with E-state index in [1.807, 2.05) is 12.1 Å². The van der Waals surface area contributed by atoms with Gasteiger partial charge in [0.1, 0.15) is 0 Å². The van der Waals surface area contributed by atoms with Crippen LogP contribution in [0.1, 0.15) is 6.92 Å². The van der Waals surface area contributed by atoms with Crippen LogP contribution in [0.15, 0.2) is 24.3 Å². The zero-order valence-corrected chi connectivity index (χ0v) is 8.14. The third-order valence-corrected chi connectivity index (χ3v) is 1.91. The molecule has 0 saturated heterocycles. The molecule has 1 atom stereocenters. The SMILES string of the molecule is CC([NH3+])C(=O)Nc1ccccc1Cl. The van der Waals surface area contributed by atoms with Gasteiger partial charge in [0.2, 0.25) is 0 Å². The van der Waals surface area contributed by atoms with Crippen molar-refractivity contribution in [2.45, 2.75) is 13.0 Å². The van der Waals surface area contributed by atoms with E-state index in [1.165, 1.54) is 0 Å². The number of rotatable bonds is 2. The summed E-state index contributed by atoms with van der Waals surface area (Å²) in [6.45, 7) is 1.73. The summed E-state index contributed by atoms with van der Waals surface area (Å²) in [4.78, 5) is 11.2. The molecule has 0 radical (unpaired) electrons. The fraction of sp³-hybridized carbons (Fsp3) is 0.222. The number of carbonyl (C=O) groups excluding carboxylic acids is 1. The van der Waals surface area contributed by atoms with E-state index in [1.54, 1.807) is 19.1 Å². The Morgan fingerprint density at radius 3 is 2.69 bits per heavy atom. The van der Waals surface area contributed by atoms with Crippen LogP contribution in [0.2, 0.25) is 5.02 Å². The van der Waals surface area contributed by atoms with Gasteiger partial charge < -0.3 is 11.1 Å². The Kier molecular flexibility index (Phi) is 3.28. The lowest BCUT2D eigenvalue weighted by atomic mass is 10.3. The molecule has 3 nitrogen and oxygen atoms in total. The summed E-state index contributed by atoms with van der Waals surface area (Å²) < 4.78 is 0. The van der Waals surface area contributed by atoms with Crippen molar-refractivity contribution in [1.82, 2.24) is 0 Å². The van der Waals surface area contributed by atoms with Gasteiger partial charge in [0.05, 0.1) is 10.7 Å². The Morgan fingerprint density at radius 1 is 1.54 bits per heavy atom. The van der Waals surface area contributed by atoms with E-state index in [9.17, 15) is 4.79 Å². The monoisotopic (exact) mass is 199 g/mol. The van der Waals surface area contributed by atoms with Crippen molar-refractivity contribution in [3.8, 4) is 0 Å². The molecule has 0 fully saturated rings. The molecule has 0 saturated carbocycles. The van der Waals surface area contributed by atoms with Gasteiger partial charge in [-0.1, -0.05) is 23.7 Å². The molecule has 1 aromatic rings. The second kappa shape index (κ2) is 4.25. The maximum Gasteiger partial charge on any atom is 0.282 e. The van der Waals surface area contributed by atoms with E-state index in [4.69, 9.17) is 11.6 Å². The van der Waals surface area contributed by atoms with Crippen molar-refractivity contribution in [2.75, 3.05) is 5.32 Å². The molecule has 4 N–H and O–H groups in total. The predicted molar refractivity (Wildman–Crippen MR) is 52.4 cm³/mol. The molecule has 0 spiro atoms. The molecule has 0 bridgehead atoms. The largest absolute Gasteiger partial charge is 0.348 e. The number of nitrogens with one attached hydrogen (secondary N) is 1. The van der Waals surface area contributed by atoms with E-state index >= 15 is 0 Å². The highest BCUT2D eigenvalue weighted by Gasteiger charge is 2.11. The zero-order chi connectivity index (χ0) is 9.84. The Labute approximate surface area is 81.9 Å². The number of quaternary nitrogens is 1. The summed E-state index contributed by atoms with van der Waals surface area (Å²) in [7, 11) is 0. The van der Waals surface area contributed by atoms with Crippen molar-refractivity contribution in [2.24, 2.45) is 0 Å². The Hall–Kier alpha value is -1.06. The van der Waals surface area contributed by atoms with Crippen molar-refractivity contribution in [1.29, 1.82) is 0 Å². The van der Waals surface area contributed by atoms with E-state index in [-0.39, 0.29) is 11.9 Å². The third-order valence-electron chi connectivity index (χ3n) is 1.58. The molecule has 0 aliphatic carbocycles. The van der Waals surface area contributed by atoms with Crippen molar-refractivity contribution >= 4 is 23.2 Å². The quantitative estimate of drug-likeness (QED) is 0.731. The third kappa shape index (κ3) is 2.72. The fourth-order valence-corrected chi connectivity index (χ4v) is 1.00. The number of hydrogen-bond acceptors (Lipinski definition) is 1. The number of carbonyl (C=O) groups is 1. The highest BCUT2D eigenvalue weighted by molar-refractivity contribution is 6.33. The van der Waals surface area contributed by atoms with Gasteiger partial charge in [-0.15, -0.1) is 0 Å². The number of amides is 1. The molecule has 1 rings (SSSR count). The van der Waals surface area contributed by atoms with Crippen LogP contribution in [-0.4, -0.2) is 11.9 Å². The minimum absolute atomic E-state index is 0.131. The van der Waals surface area contributed by atoms with Crippen molar-refractivity contribution < 1.29 is 10.5 Å². The molecule has 13 heavy (non-hydrogen) atoms. The molecule has 0 aromatic heterocycles. The fourth-order valence-electron chi connectivity index (χ4n) is 0.819. The summed E-state index contributed by atoms with van der Waals surface area (Å²) in [5.74, 6) is -0.131. The maximum absolute atomic E-state index is 11.2. The number of hydrogen-bond donors (Lipinski definition) is 2. The summed E-state index contributed by atoms with van der Waals surface area (Å²) in [5.41, 5.74) is 4.24. The highest BCUT2D eigenvalue weighted by Crippen LogP contribution is 2.20. The van der Waals surface area contributed by atoms with Crippen LogP contribution in [-0.2, 0) is 4.79 Å². The average molecular weight is 200 g/mol. The van der Waals surface area contributed by atoms with Crippen LogP contribution >= 0.6 is 11.6 Å². The first-order chi connectivity index (χ1) is 6.11. The maximum atomic E-state index is 11.2. The number of halogens is 1. The zero-order valence-electron chi connectivity index (χ0n) is 7.38. The second-order valence-electron chi connectivity index (χ2n) is 2.87. The lowest BCUT2D eigenvalue weighted by molar-refractivity contribution is -0.396. The Morgan fingerprint density at radius 2 is 2.15 bits per heavy atom. The second-order valence-corrected chi connectivity index (χ2v) is 3.28. The number of benzene rings is 1. The van der Waals surface area contributed by atoms with E-state index < -0.39 is 0 Å². The standard InChI is InChI=1S/C9H11ClN2O/c1-6(11)9(13)12-8-5-3-2-4-7(8)10/h2-6H,11H2,1H3,(H,12,13)/p+1. The molecule has 1 aromatic carbocycles. The van der Waals surface area contributed by atoms with Crippen LogP contribution in [0.5, 0.6) is 0 Å². The first-order valence-corrected chi connectivity index (χ1v) is 4.37.